The lowest BCUT2D eigenvalue weighted by Gasteiger charge is -2.13. The number of allylic oxidation sites excluding steroid dienone is 4. The molecule has 0 amide bonds. The van der Waals surface area contributed by atoms with Crippen molar-refractivity contribution in [1.82, 2.24) is 0 Å². The Hall–Kier alpha value is -2.87. The Morgan fingerprint density at radius 1 is 1.07 bits per heavy atom. The Morgan fingerprint density at radius 2 is 1.74 bits per heavy atom. The first kappa shape index (κ1) is 20.4. The van der Waals surface area contributed by atoms with E-state index in [0.29, 0.717) is 0 Å². The van der Waals surface area contributed by atoms with Gasteiger partial charge in [-0.3, -0.25) is 4.99 Å². The molecule has 0 spiro atoms. The molecule has 2 N–H and O–H groups in total. The minimum atomic E-state index is 0.792. The van der Waals surface area contributed by atoms with Gasteiger partial charge in [-0.1, -0.05) is 54.6 Å². The zero-order chi connectivity index (χ0) is 20.0. The summed E-state index contributed by atoms with van der Waals surface area (Å²) in [5, 5.41) is 0. The van der Waals surface area contributed by atoms with E-state index in [1.807, 2.05) is 33.0 Å². The van der Waals surface area contributed by atoms with Crippen LogP contribution in [0.3, 0.4) is 0 Å². The zero-order valence-electron chi connectivity index (χ0n) is 17.0. The van der Waals surface area contributed by atoms with Crippen molar-refractivity contribution >= 4 is 11.4 Å². The average molecular weight is 359 g/mol. The number of aryl methyl sites for hydroxylation is 3. The van der Waals surface area contributed by atoms with E-state index in [9.17, 15) is 0 Å². The lowest BCUT2D eigenvalue weighted by Crippen LogP contribution is -2.03. The van der Waals surface area contributed by atoms with Crippen molar-refractivity contribution in [3.63, 3.8) is 0 Å². The van der Waals surface area contributed by atoms with Crippen LogP contribution in [0.4, 0.5) is 5.69 Å². The molecule has 2 aromatic rings. The van der Waals surface area contributed by atoms with Gasteiger partial charge in [0.05, 0.1) is 5.71 Å². The Labute approximate surface area is 163 Å². The monoisotopic (exact) mass is 358 g/mol. The first-order valence-electron chi connectivity index (χ1n) is 9.26. The van der Waals surface area contributed by atoms with Gasteiger partial charge in [-0.2, -0.15) is 0 Å². The van der Waals surface area contributed by atoms with Gasteiger partial charge in [0.1, 0.15) is 0 Å². The topological polar surface area (TPSA) is 38.4 Å². The van der Waals surface area contributed by atoms with Gasteiger partial charge in [0.25, 0.3) is 0 Å². The largest absolute Gasteiger partial charge is 0.399 e. The van der Waals surface area contributed by atoms with Gasteiger partial charge in [-0.05, 0) is 74.1 Å². The van der Waals surface area contributed by atoms with Crippen molar-refractivity contribution in [2.45, 2.75) is 33.6 Å². The second-order valence-corrected chi connectivity index (χ2v) is 7.11. The van der Waals surface area contributed by atoms with Crippen LogP contribution in [0.15, 0.2) is 83.4 Å². The molecule has 2 aromatic carbocycles. The van der Waals surface area contributed by atoms with E-state index < -0.39 is 0 Å². The van der Waals surface area contributed by atoms with Crippen molar-refractivity contribution < 1.29 is 0 Å². The third-order valence-electron chi connectivity index (χ3n) is 4.76. The van der Waals surface area contributed by atoms with Crippen LogP contribution < -0.4 is 5.73 Å². The quantitative estimate of drug-likeness (QED) is 0.368. The molecule has 0 unspecified atom stereocenters. The number of hydrogen-bond acceptors (Lipinski definition) is 2. The van der Waals surface area contributed by atoms with Crippen LogP contribution in [0, 0.1) is 13.8 Å². The smallest absolute Gasteiger partial charge is 0.0649 e. The van der Waals surface area contributed by atoms with Crippen LogP contribution in [-0.4, -0.2) is 12.8 Å². The molecule has 140 valence electrons. The fourth-order valence-corrected chi connectivity index (χ4v) is 2.96. The lowest BCUT2D eigenvalue weighted by molar-refractivity contribution is 0.953. The standard InChI is InChI=1S/C25H30N2/c1-17(2)23(19(4)9-12-21-10-7-18(3)8-11-21)16-25(27-6)22-13-14-24(26)20(5)15-22/h7-8,10-11,13-16H,1,4,9,12,26H2,2-3,5-6H3/b23-16+,27-25?. The summed E-state index contributed by atoms with van der Waals surface area (Å²) in [6.07, 6.45) is 3.94. The molecular formula is C25H30N2. The fourth-order valence-electron chi connectivity index (χ4n) is 2.96. The molecular weight excluding hydrogens is 328 g/mol. The maximum absolute atomic E-state index is 5.95. The summed E-state index contributed by atoms with van der Waals surface area (Å²) in [4.78, 5) is 4.48. The summed E-state index contributed by atoms with van der Waals surface area (Å²) >= 11 is 0. The van der Waals surface area contributed by atoms with Gasteiger partial charge in [0, 0.05) is 18.3 Å². The van der Waals surface area contributed by atoms with E-state index in [4.69, 9.17) is 5.73 Å². The molecule has 0 atom stereocenters. The molecule has 0 aliphatic rings. The SMILES string of the molecule is C=C(C)/C(=C\C(=NC)c1ccc(N)c(C)c1)C(=C)CCc1ccc(C)cc1. The molecule has 0 bridgehead atoms. The highest BCUT2D eigenvalue weighted by atomic mass is 14.7. The van der Waals surface area contributed by atoms with Crippen molar-refractivity contribution in [2.75, 3.05) is 12.8 Å². The van der Waals surface area contributed by atoms with E-state index in [0.717, 1.165) is 52.1 Å². The minimum Gasteiger partial charge on any atom is -0.399 e. The predicted molar refractivity (Wildman–Crippen MR) is 120 cm³/mol. The van der Waals surface area contributed by atoms with E-state index in [1.165, 1.54) is 11.1 Å². The summed E-state index contributed by atoms with van der Waals surface area (Å²) in [6, 6.07) is 14.7. The first-order chi connectivity index (χ1) is 12.8. The highest BCUT2D eigenvalue weighted by Crippen LogP contribution is 2.23. The highest BCUT2D eigenvalue weighted by molar-refractivity contribution is 6.10. The molecule has 27 heavy (non-hydrogen) atoms. The van der Waals surface area contributed by atoms with Crippen molar-refractivity contribution in [3.8, 4) is 0 Å². The van der Waals surface area contributed by atoms with Crippen LogP contribution in [0.1, 0.15) is 35.6 Å². The van der Waals surface area contributed by atoms with Crippen LogP contribution >= 0.6 is 0 Å². The van der Waals surface area contributed by atoms with Crippen LogP contribution in [-0.2, 0) is 6.42 Å². The summed E-state index contributed by atoms with van der Waals surface area (Å²) in [6.45, 7) is 14.6. The van der Waals surface area contributed by atoms with E-state index >= 15 is 0 Å². The molecule has 0 fully saturated rings. The Balaban J connectivity index is 2.22. The zero-order valence-corrected chi connectivity index (χ0v) is 17.0. The molecule has 0 radical (unpaired) electrons. The molecule has 0 saturated carbocycles. The fraction of sp³-hybridized carbons (Fsp3) is 0.240. The highest BCUT2D eigenvalue weighted by Gasteiger charge is 2.09. The third-order valence-corrected chi connectivity index (χ3v) is 4.76. The number of anilines is 1. The maximum Gasteiger partial charge on any atom is 0.0649 e. The third kappa shape index (κ3) is 5.55. The molecule has 0 heterocycles. The normalized spacial score (nSPS) is 12.1. The second-order valence-electron chi connectivity index (χ2n) is 7.11. The van der Waals surface area contributed by atoms with E-state index in [1.54, 1.807) is 0 Å². The maximum atomic E-state index is 5.95. The number of aliphatic imine (C=N–C) groups is 1. The first-order valence-corrected chi connectivity index (χ1v) is 9.26. The van der Waals surface area contributed by atoms with E-state index in [-0.39, 0.29) is 0 Å². The lowest BCUT2D eigenvalue weighted by atomic mass is 9.93. The second kappa shape index (κ2) is 9.18. The number of benzene rings is 2. The van der Waals surface area contributed by atoms with E-state index in [2.05, 4.69) is 61.5 Å². The Morgan fingerprint density at radius 3 is 2.30 bits per heavy atom. The number of nitrogen functional groups attached to an aromatic ring is 1. The minimum absolute atomic E-state index is 0.792. The van der Waals surface area contributed by atoms with Gasteiger partial charge in [0.2, 0.25) is 0 Å². The summed E-state index contributed by atoms with van der Waals surface area (Å²) in [5.74, 6) is 0. The predicted octanol–water partition coefficient (Wildman–Crippen LogP) is 6.00. The molecule has 0 saturated heterocycles. The van der Waals surface area contributed by atoms with Crippen LogP contribution in [0.5, 0.6) is 0 Å². The molecule has 0 aromatic heterocycles. The van der Waals surface area contributed by atoms with Crippen LogP contribution in [0.25, 0.3) is 0 Å². The number of nitrogens with zero attached hydrogens (tertiary/aromatic N) is 1. The number of nitrogens with two attached hydrogens (primary N) is 1. The van der Waals surface area contributed by atoms with Crippen molar-refractivity contribution in [3.05, 3.63) is 101 Å². The van der Waals surface area contributed by atoms with Crippen LogP contribution in [0.2, 0.25) is 0 Å². The molecule has 2 heteroatoms. The average Bonchev–Trinajstić information content (AvgIpc) is 2.64. The number of rotatable bonds is 7. The molecule has 2 rings (SSSR count). The van der Waals surface area contributed by atoms with Crippen molar-refractivity contribution in [2.24, 2.45) is 4.99 Å². The van der Waals surface area contributed by atoms with Gasteiger partial charge in [-0.25, -0.2) is 0 Å². The Kier molecular flexibility index (Phi) is 6.95. The molecule has 0 aliphatic carbocycles. The summed E-state index contributed by atoms with van der Waals surface area (Å²) in [5.41, 5.74) is 15.5. The number of hydrogen-bond donors (Lipinski definition) is 1. The summed E-state index contributed by atoms with van der Waals surface area (Å²) in [7, 11) is 1.81. The Bertz CT molecular complexity index is 896. The van der Waals surface area contributed by atoms with Gasteiger partial charge in [-0.15, -0.1) is 0 Å². The van der Waals surface area contributed by atoms with Crippen molar-refractivity contribution in [1.29, 1.82) is 0 Å². The van der Waals surface area contributed by atoms with Gasteiger partial charge in [0.15, 0.2) is 0 Å². The van der Waals surface area contributed by atoms with Gasteiger partial charge >= 0.3 is 0 Å². The van der Waals surface area contributed by atoms with Gasteiger partial charge < -0.3 is 5.73 Å². The molecule has 2 nitrogen and oxygen atoms in total. The molecule has 0 aliphatic heterocycles. The summed E-state index contributed by atoms with van der Waals surface area (Å²) < 4.78 is 0.